The smallest absolute Gasteiger partial charge is 0.335 e. The average Bonchev–Trinajstić information content (AvgIpc) is 2.00. The first kappa shape index (κ1) is 10.4. The standard InChI is InChI=1S/C8H14O5/c1-4-2-8(13,7(11)12)3-5(9)6(4)10/h4-6,9-10,13H,2-3H2,1H3,(H,11,12). The number of carbonyl (C=O) groups is 1. The van der Waals surface area contributed by atoms with Crippen molar-refractivity contribution in [3.05, 3.63) is 0 Å². The number of hydrogen-bond acceptors (Lipinski definition) is 4. The molecular weight excluding hydrogens is 176 g/mol. The van der Waals surface area contributed by atoms with Gasteiger partial charge in [0.25, 0.3) is 0 Å². The minimum absolute atomic E-state index is 0.0272. The van der Waals surface area contributed by atoms with Crippen molar-refractivity contribution in [2.75, 3.05) is 0 Å². The summed E-state index contributed by atoms with van der Waals surface area (Å²) in [6.45, 7) is 1.60. The summed E-state index contributed by atoms with van der Waals surface area (Å²) < 4.78 is 0. The van der Waals surface area contributed by atoms with Crippen molar-refractivity contribution in [2.24, 2.45) is 5.92 Å². The molecular formula is C8H14O5. The van der Waals surface area contributed by atoms with Gasteiger partial charge >= 0.3 is 5.97 Å². The second kappa shape index (κ2) is 3.25. The number of aliphatic hydroxyl groups excluding tert-OH is 2. The molecule has 0 radical (unpaired) electrons. The molecule has 0 amide bonds. The van der Waals surface area contributed by atoms with Gasteiger partial charge in [-0.15, -0.1) is 0 Å². The SMILES string of the molecule is CC1CC(O)(C(=O)O)CC(O)C1O. The van der Waals surface area contributed by atoms with Gasteiger partial charge in [0.05, 0.1) is 12.2 Å². The molecule has 0 aliphatic heterocycles. The number of hydrogen-bond donors (Lipinski definition) is 4. The van der Waals surface area contributed by atoms with Crippen LogP contribution in [0.1, 0.15) is 19.8 Å². The Morgan fingerprint density at radius 3 is 2.31 bits per heavy atom. The molecule has 1 rings (SSSR count). The first-order valence-corrected chi connectivity index (χ1v) is 4.19. The molecule has 13 heavy (non-hydrogen) atoms. The van der Waals surface area contributed by atoms with Crippen molar-refractivity contribution < 1.29 is 25.2 Å². The normalized spacial score (nSPS) is 46.0. The molecule has 0 saturated heterocycles. The molecule has 4 atom stereocenters. The third kappa shape index (κ3) is 1.82. The second-order valence-electron chi connectivity index (χ2n) is 3.78. The quantitative estimate of drug-likeness (QED) is 0.423. The van der Waals surface area contributed by atoms with E-state index in [0.717, 1.165) is 0 Å². The second-order valence-corrected chi connectivity index (χ2v) is 3.78. The fraction of sp³-hybridized carbons (Fsp3) is 0.875. The minimum atomic E-state index is -1.89. The zero-order valence-corrected chi connectivity index (χ0v) is 7.34. The third-order valence-corrected chi connectivity index (χ3v) is 2.58. The Labute approximate surface area is 75.6 Å². The van der Waals surface area contributed by atoms with Crippen LogP contribution in [0.2, 0.25) is 0 Å². The Morgan fingerprint density at radius 1 is 1.38 bits per heavy atom. The number of aliphatic carboxylic acids is 1. The van der Waals surface area contributed by atoms with Crippen molar-refractivity contribution in [3.8, 4) is 0 Å². The number of carboxylic acid groups (broad SMARTS) is 1. The van der Waals surface area contributed by atoms with E-state index in [2.05, 4.69) is 0 Å². The van der Waals surface area contributed by atoms with Gasteiger partial charge in [-0.2, -0.15) is 0 Å². The topological polar surface area (TPSA) is 98.0 Å². The van der Waals surface area contributed by atoms with Gasteiger partial charge in [0.2, 0.25) is 0 Å². The highest BCUT2D eigenvalue weighted by Crippen LogP contribution is 2.32. The summed E-state index contributed by atoms with van der Waals surface area (Å²) >= 11 is 0. The molecule has 0 bridgehead atoms. The zero-order chi connectivity index (χ0) is 10.2. The van der Waals surface area contributed by atoms with Crippen LogP contribution in [-0.2, 0) is 4.79 Å². The molecule has 0 aromatic heterocycles. The zero-order valence-electron chi connectivity index (χ0n) is 7.34. The van der Waals surface area contributed by atoms with Crippen molar-refractivity contribution in [2.45, 2.75) is 37.6 Å². The molecule has 4 unspecified atom stereocenters. The van der Waals surface area contributed by atoms with Crippen LogP contribution in [-0.4, -0.2) is 44.2 Å². The van der Waals surface area contributed by atoms with E-state index >= 15 is 0 Å². The predicted octanol–water partition coefficient (Wildman–Crippen LogP) is -1.05. The van der Waals surface area contributed by atoms with E-state index in [-0.39, 0.29) is 12.8 Å². The van der Waals surface area contributed by atoms with Crippen LogP contribution < -0.4 is 0 Å². The third-order valence-electron chi connectivity index (χ3n) is 2.58. The van der Waals surface area contributed by atoms with Gasteiger partial charge in [-0.25, -0.2) is 4.79 Å². The molecule has 76 valence electrons. The molecule has 5 nitrogen and oxygen atoms in total. The molecule has 0 spiro atoms. The Hall–Kier alpha value is -0.650. The monoisotopic (exact) mass is 190 g/mol. The Kier molecular flexibility index (Phi) is 2.61. The van der Waals surface area contributed by atoms with Crippen LogP contribution in [0.25, 0.3) is 0 Å². The Bertz CT molecular complexity index is 203. The number of carboxylic acids is 1. The van der Waals surface area contributed by atoms with E-state index < -0.39 is 29.7 Å². The lowest BCUT2D eigenvalue weighted by molar-refractivity contribution is -0.177. The van der Waals surface area contributed by atoms with Crippen LogP contribution in [0.15, 0.2) is 0 Å². The fourth-order valence-corrected chi connectivity index (χ4v) is 1.76. The highest BCUT2D eigenvalue weighted by Gasteiger charge is 2.47. The molecule has 0 aromatic carbocycles. The Morgan fingerprint density at radius 2 is 1.92 bits per heavy atom. The van der Waals surface area contributed by atoms with E-state index in [1.165, 1.54) is 0 Å². The summed E-state index contributed by atoms with van der Waals surface area (Å²) in [6.07, 6.45) is -2.45. The predicted molar refractivity (Wildman–Crippen MR) is 43.0 cm³/mol. The molecule has 1 saturated carbocycles. The highest BCUT2D eigenvalue weighted by molar-refractivity contribution is 5.77. The van der Waals surface area contributed by atoms with Crippen molar-refractivity contribution >= 4 is 5.97 Å². The fourth-order valence-electron chi connectivity index (χ4n) is 1.76. The van der Waals surface area contributed by atoms with E-state index in [1.807, 2.05) is 0 Å². The van der Waals surface area contributed by atoms with Crippen molar-refractivity contribution in [1.29, 1.82) is 0 Å². The summed E-state index contributed by atoms with van der Waals surface area (Å²) in [5.41, 5.74) is -1.89. The van der Waals surface area contributed by atoms with Crippen LogP contribution in [0.3, 0.4) is 0 Å². The van der Waals surface area contributed by atoms with Crippen LogP contribution in [0, 0.1) is 5.92 Å². The first-order chi connectivity index (χ1) is 5.87. The maximum atomic E-state index is 10.6. The van der Waals surface area contributed by atoms with Crippen LogP contribution in [0.5, 0.6) is 0 Å². The summed E-state index contributed by atoms with van der Waals surface area (Å²) in [4.78, 5) is 10.6. The minimum Gasteiger partial charge on any atom is -0.479 e. The maximum Gasteiger partial charge on any atom is 0.335 e. The lowest BCUT2D eigenvalue weighted by Gasteiger charge is -2.38. The van der Waals surface area contributed by atoms with E-state index in [0.29, 0.717) is 0 Å². The van der Waals surface area contributed by atoms with E-state index in [9.17, 15) is 20.1 Å². The summed E-state index contributed by atoms with van der Waals surface area (Å²) in [7, 11) is 0. The van der Waals surface area contributed by atoms with Crippen molar-refractivity contribution in [3.63, 3.8) is 0 Å². The maximum absolute atomic E-state index is 10.6. The van der Waals surface area contributed by atoms with E-state index in [1.54, 1.807) is 6.92 Å². The van der Waals surface area contributed by atoms with Gasteiger partial charge in [-0.3, -0.25) is 0 Å². The molecule has 0 heterocycles. The number of rotatable bonds is 1. The van der Waals surface area contributed by atoms with Gasteiger partial charge in [0, 0.05) is 6.42 Å². The lowest BCUT2D eigenvalue weighted by Crippen LogP contribution is -2.53. The average molecular weight is 190 g/mol. The van der Waals surface area contributed by atoms with Gasteiger partial charge in [-0.1, -0.05) is 6.92 Å². The summed E-state index contributed by atoms with van der Waals surface area (Å²) in [6, 6.07) is 0. The van der Waals surface area contributed by atoms with Crippen molar-refractivity contribution in [1.82, 2.24) is 0 Å². The van der Waals surface area contributed by atoms with Crippen LogP contribution in [0.4, 0.5) is 0 Å². The van der Waals surface area contributed by atoms with Crippen LogP contribution >= 0.6 is 0 Å². The largest absolute Gasteiger partial charge is 0.479 e. The van der Waals surface area contributed by atoms with Gasteiger partial charge in [0.1, 0.15) is 0 Å². The van der Waals surface area contributed by atoms with Gasteiger partial charge < -0.3 is 20.4 Å². The highest BCUT2D eigenvalue weighted by atomic mass is 16.4. The van der Waals surface area contributed by atoms with E-state index in [4.69, 9.17) is 5.11 Å². The van der Waals surface area contributed by atoms with Gasteiger partial charge in [0.15, 0.2) is 5.60 Å². The summed E-state index contributed by atoms with van der Waals surface area (Å²) in [5, 5.41) is 36.8. The van der Waals surface area contributed by atoms with Gasteiger partial charge in [-0.05, 0) is 12.3 Å². The number of aliphatic hydroxyl groups is 3. The molecule has 1 aliphatic rings. The lowest BCUT2D eigenvalue weighted by atomic mass is 9.75. The molecule has 5 heteroatoms. The molecule has 0 aromatic rings. The molecule has 1 fully saturated rings. The Balaban J connectivity index is 2.79. The summed E-state index contributed by atoms with van der Waals surface area (Å²) in [5.74, 6) is -1.75. The molecule has 1 aliphatic carbocycles. The molecule has 4 N–H and O–H groups in total. The first-order valence-electron chi connectivity index (χ1n) is 4.19.